The lowest BCUT2D eigenvalue weighted by Crippen LogP contribution is -2.38. The zero-order valence-corrected chi connectivity index (χ0v) is 10.5. The minimum Gasteiger partial charge on any atom is -0.481 e. The number of hydrogen-bond donors (Lipinski definition) is 1. The molecule has 1 aliphatic heterocycles. The zero-order chi connectivity index (χ0) is 11.8. The van der Waals surface area contributed by atoms with E-state index in [0.717, 1.165) is 25.3 Å². The van der Waals surface area contributed by atoms with E-state index in [1.165, 1.54) is 12.8 Å². The lowest BCUT2D eigenvalue weighted by molar-refractivity contribution is -0.137. The third-order valence-corrected chi connectivity index (χ3v) is 4.11. The molecule has 0 radical (unpaired) electrons. The van der Waals surface area contributed by atoms with Gasteiger partial charge in [-0.05, 0) is 31.6 Å². The molecule has 16 heavy (non-hydrogen) atoms. The van der Waals surface area contributed by atoms with Crippen LogP contribution in [0.5, 0.6) is 0 Å². The number of allylic oxidation sites excluding steroid dienone is 1. The largest absolute Gasteiger partial charge is 0.481 e. The second-order valence-electron chi connectivity index (χ2n) is 4.16. The monoisotopic (exact) mass is 243 g/mol. The first-order chi connectivity index (χ1) is 7.72. The molecule has 0 amide bonds. The second-order valence-corrected chi connectivity index (χ2v) is 5.56. The fourth-order valence-corrected chi connectivity index (χ4v) is 3.21. The number of rotatable bonds is 7. The Kier molecular flexibility index (Phi) is 6.57. The Morgan fingerprint density at radius 1 is 1.62 bits per heavy atom. The molecule has 0 bridgehead atoms. The van der Waals surface area contributed by atoms with Crippen LogP contribution in [-0.2, 0) is 4.79 Å². The average Bonchev–Trinajstić information content (AvgIpc) is 2.27. The van der Waals surface area contributed by atoms with Crippen LogP contribution in [0.3, 0.4) is 0 Å². The van der Waals surface area contributed by atoms with E-state index >= 15 is 0 Å². The summed E-state index contributed by atoms with van der Waals surface area (Å²) in [5, 5.41) is 9.32. The van der Waals surface area contributed by atoms with Crippen molar-refractivity contribution in [3.63, 3.8) is 0 Å². The van der Waals surface area contributed by atoms with Gasteiger partial charge in [-0.3, -0.25) is 4.79 Å². The van der Waals surface area contributed by atoms with Gasteiger partial charge >= 0.3 is 5.97 Å². The number of likely N-dealkylation sites (tertiary alicyclic amines) is 1. The molecule has 1 saturated heterocycles. The maximum Gasteiger partial charge on any atom is 0.304 e. The first kappa shape index (κ1) is 13.6. The lowest BCUT2D eigenvalue weighted by Gasteiger charge is -2.31. The molecule has 0 saturated carbocycles. The minimum atomic E-state index is -0.693. The van der Waals surface area contributed by atoms with Crippen LogP contribution in [0.2, 0.25) is 0 Å². The zero-order valence-electron chi connectivity index (χ0n) is 9.73. The Bertz CT molecular complexity index is 233. The molecule has 1 atom stereocenters. The molecular formula is C12H21NO2S. The van der Waals surface area contributed by atoms with Crippen LogP contribution >= 0.6 is 11.8 Å². The fourth-order valence-electron chi connectivity index (χ4n) is 1.92. The van der Waals surface area contributed by atoms with Crippen molar-refractivity contribution in [1.82, 2.24) is 4.90 Å². The van der Waals surface area contributed by atoms with Crippen molar-refractivity contribution in [2.45, 2.75) is 30.9 Å². The third-order valence-electron chi connectivity index (χ3n) is 2.78. The summed E-state index contributed by atoms with van der Waals surface area (Å²) < 4.78 is 0. The average molecular weight is 243 g/mol. The van der Waals surface area contributed by atoms with Crippen molar-refractivity contribution in [3.05, 3.63) is 12.7 Å². The molecule has 0 spiro atoms. The van der Waals surface area contributed by atoms with Crippen molar-refractivity contribution in [2.75, 3.05) is 25.4 Å². The molecule has 1 rings (SSSR count). The molecule has 1 fully saturated rings. The number of carboxylic acids is 1. The predicted molar refractivity (Wildman–Crippen MR) is 69.0 cm³/mol. The minimum absolute atomic E-state index is 0.268. The normalized spacial score (nSPS) is 21.9. The maximum absolute atomic E-state index is 10.5. The van der Waals surface area contributed by atoms with Gasteiger partial charge < -0.3 is 10.0 Å². The van der Waals surface area contributed by atoms with E-state index in [4.69, 9.17) is 5.11 Å². The molecular weight excluding hydrogens is 222 g/mol. The highest BCUT2D eigenvalue weighted by Gasteiger charge is 2.19. The first-order valence-electron chi connectivity index (χ1n) is 5.89. The highest BCUT2D eigenvalue weighted by Crippen LogP contribution is 2.23. The van der Waals surface area contributed by atoms with Crippen LogP contribution in [0.25, 0.3) is 0 Å². The maximum atomic E-state index is 10.5. The molecule has 4 heteroatoms. The molecule has 0 aromatic rings. The molecule has 1 N–H and O–H groups in total. The molecule has 0 aromatic heterocycles. The number of hydrogen-bond acceptors (Lipinski definition) is 3. The van der Waals surface area contributed by atoms with Gasteiger partial charge in [-0.15, -0.1) is 6.58 Å². The number of piperidine rings is 1. The van der Waals surface area contributed by atoms with Crippen LogP contribution in [0.4, 0.5) is 0 Å². The van der Waals surface area contributed by atoms with E-state index in [9.17, 15) is 4.79 Å². The molecule has 0 aromatic carbocycles. The van der Waals surface area contributed by atoms with E-state index < -0.39 is 5.97 Å². The summed E-state index contributed by atoms with van der Waals surface area (Å²) in [5.41, 5.74) is 0. The van der Waals surface area contributed by atoms with Crippen LogP contribution in [0, 0.1) is 0 Å². The number of thioether (sulfide) groups is 1. The van der Waals surface area contributed by atoms with Crippen molar-refractivity contribution in [1.29, 1.82) is 0 Å². The quantitative estimate of drug-likeness (QED) is 0.550. The van der Waals surface area contributed by atoms with Crippen molar-refractivity contribution < 1.29 is 9.90 Å². The predicted octanol–water partition coefficient (Wildman–Crippen LogP) is 2.23. The van der Waals surface area contributed by atoms with Gasteiger partial charge in [-0.1, -0.05) is 6.08 Å². The Labute approximate surface area is 102 Å². The highest BCUT2D eigenvalue weighted by atomic mass is 32.2. The molecule has 1 heterocycles. The Morgan fingerprint density at radius 2 is 2.44 bits per heavy atom. The Morgan fingerprint density at radius 3 is 3.12 bits per heavy atom. The number of nitrogens with zero attached hydrogens (tertiary/aromatic N) is 1. The fraction of sp³-hybridized carbons (Fsp3) is 0.750. The summed E-state index contributed by atoms with van der Waals surface area (Å²) in [6, 6.07) is 0. The van der Waals surface area contributed by atoms with E-state index in [-0.39, 0.29) is 6.42 Å². The van der Waals surface area contributed by atoms with Gasteiger partial charge in [-0.25, -0.2) is 0 Å². The summed E-state index contributed by atoms with van der Waals surface area (Å²) in [5.74, 6) is 0.447. The molecule has 1 unspecified atom stereocenters. The lowest BCUT2D eigenvalue weighted by atomic mass is 10.1. The molecule has 92 valence electrons. The summed E-state index contributed by atoms with van der Waals surface area (Å²) in [7, 11) is 0. The van der Waals surface area contributed by atoms with Crippen molar-refractivity contribution in [3.8, 4) is 0 Å². The Hall–Kier alpha value is -0.480. The summed E-state index contributed by atoms with van der Waals surface area (Å²) in [6.45, 7) is 6.53. The highest BCUT2D eigenvalue weighted by molar-refractivity contribution is 7.99. The number of carbonyl (C=O) groups is 1. The molecule has 0 aliphatic carbocycles. The molecule has 3 nitrogen and oxygen atoms in total. The summed E-state index contributed by atoms with van der Waals surface area (Å²) >= 11 is 2.00. The number of aliphatic carboxylic acids is 1. The van der Waals surface area contributed by atoms with Crippen molar-refractivity contribution >= 4 is 17.7 Å². The topological polar surface area (TPSA) is 40.5 Å². The van der Waals surface area contributed by atoms with Crippen LogP contribution in [-0.4, -0.2) is 46.6 Å². The summed E-state index contributed by atoms with van der Waals surface area (Å²) in [4.78, 5) is 12.8. The van der Waals surface area contributed by atoms with Gasteiger partial charge in [-0.2, -0.15) is 11.8 Å². The van der Waals surface area contributed by atoms with Gasteiger partial charge in [0.15, 0.2) is 0 Å². The summed E-state index contributed by atoms with van der Waals surface area (Å²) in [6.07, 6.45) is 5.76. The SMILES string of the molecule is C=CCCSC1CCCN(CCC(=O)O)C1. The van der Waals surface area contributed by atoms with Gasteiger partial charge in [0.05, 0.1) is 6.42 Å². The van der Waals surface area contributed by atoms with Gasteiger partial charge in [0.25, 0.3) is 0 Å². The smallest absolute Gasteiger partial charge is 0.304 e. The number of carboxylic acid groups (broad SMARTS) is 1. The van der Waals surface area contributed by atoms with E-state index in [2.05, 4.69) is 11.5 Å². The van der Waals surface area contributed by atoms with Crippen molar-refractivity contribution in [2.24, 2.45) is 0 Å². The van der Waals surface area contributed by atoms with Crippen LogP contribution in [0.1, 0.15) is 25.7 Å². The van der Waals surface area contributed by atoms with Gasteiger partial charge in [0.2, 0.25) is 0 Å². The Balaban J connectivity index is 2.18. The third kappa shape index (κ3) is 5.56. The van der Waals surface area contributed by atoms with E-state index in [1.807, 2.05) is 17.8 Å². The second kappa shape index (κ2) is 7.74. The molecule has 1 aliphatic rings. The standard InChI is InChI=1S/C12H21NO2S/c1-2-3-9-16-11-5-4-7-13(10-11)8-6-12(14)15/h2,11H,1,3-10H2,(H,14,15). The van der Waals surface area contributed by atoms with Gasteiger partial charge in [0.1, 0.15) is 0 Å². The van der Waals surface area contributed by atoms with Crippen LogP contribution in [0.15, 0.2) is 12.7 Å². The van der Waals surface area contributed by atoms with E-state index in [0.29, 0.717) is 11.8 Å². The van der Waals surface area contributed by atoms with E-state index in [1.54, 1.807) is 0 Å². The first-order valence-corrected chi connectivity index (χ1v) is 6.94. The van der Waals surface area contributed by atoms with Gasteiger partial charge in [0, 0.05) is 18.3 Å². The van der Waals surface area contributed by atoms with Crippen LogP contribution < -0.4 is 0 Å².